The molecule has 1 aliphatic rings. The zero-order chi connectivity index (χ0) is 23.7. The lowest BCUT2D eigenvalue weighted by molar-refractivity contribution is 0.342. The van der Waals surface area contributed by atoms with Gasteiger partial charge in [-0.3, -0.25) is 0 Å². The van der Waals surface area contributed by atoms with E-state index in [4.69, 9.17) is 4.52 Å². The Morgan fingerprint density at radius 3 is 2.47 bits per heavy atom. The summed E-state index contributed by atoms with van der Waals surface area (Å²) in [4.78, 5) is 6.91. The van der Waals surface area contributed by atoms with Crippen LogP contribution >= 0.6 is 0 Å². The Hall–Kier alpha value is -3.49. The Kier molecular flexibility index (Phi) is 5.93. The second-order valence-corrected chi connectivity index (χ2v) is 10.4. The summed E-state index contributed by atoms with van der Waals surface area (Å²) in [5.74, 6) is 0.604. The average molecular weight is 475 g/mol. The van der Waals surface area contributed by atoms with Crippen molar-refractivity contribution >= 4 is 15.7 Å². The molecule has 8 heteroatoms. The lowest BCUT2D eigenvalue weighted by atomic mass is 10.1. The smallest absolute Gasteiger partial charge is 0.259 e. The number of aryl methyl sites for hydroxylation is 1. The molecule has 1 aromatic heterocycles. The summed E-state index contributed by atoms with van der Waals surface area (Å²) in [6.07, 6.45) is 0. The summed E-state index contributed by atoms with van der Waals surface area (Å²) in [6, 6.07) is 24.6. The maximum Gasteiger partial charge on any atom is 0.259 e. The van der Waals surface area contributed by atoms with E-state index in [0.29, 0.717) is 31.0 Å². The van der Waals surface area contributed by atoms with E-state index in [2.05, 4.69) is 47.1 Å². The molecule has 0 saturated carbocycles. The minimum atomic E-state index is -3.76. The maximum atomic E-state index is 13.7. The molecule has 5 rings (SSSR count). The van der Waals surface area contributed by atoms with Gasteiger partial charge in [0.1, 0.15) is 0 Å². The summed E-state index contributed by atoms with van der Waals surface area (Å²) in [5.41, 5.74) is 3.51. The normalized spacial score (nSPS) is 17.1. The fourth-order valence-corrected chi connectivity index (χ4v) is 6.07. The van der Waals surface area contributed by atoms with E-state index in [9.17, 15) is 8.42 Å². The van der Waals surface area contributed by atoms with Crippen LogP contribution in [0.15, 0.2) is 88.3 Å². The van der Waals surface area contributed by atoms with Crippen molar-refractivity contribution in [2.45, 2.75) is 24.8 Å². The quantitative estimate of drug-likeness (QED) is 0.420. The number of hydrogen-bond acceptors (Lipinski definition) is 6. The van der Waals surface area contributed by atoms with Crippen molar-refractivity contribution in [3.8, 4) is 22.8 Å². The molecule has 1 atom stereocenters. The number of benzene rings is 3. The fourth-order valence-electron chi connectivity index (χ4n) is 4.38. The summed E-state index contributed by atoms with van der Waals surface area (Å²) in [5, 5.41) is 4.06. The standard InChI is InChI=1S/C26H26N4O3S/c1-19-9-8-12-22(17-19)30-16-15-29(18-20(30)2)34(31,32)24-14-7-6-13-23(24)26-27-25(28-33-26)21-10-4-3-5-11-21/h3-14,17,20H,15-16,18H2,1-2H3/t20-/m1/s1. The van der Waals surface area contributed by atoms with Crippen LogP contribution in [0.1, 0.15) is 12.5 Å². The first-order chi connectivity index (χ1) is 16.4. The summed E-state index contributed by atoms with van der Waals surface area (Å²) in [7, 11) is -3.76. The van der Waals surface area contributed by atoms with Crippen LogP contribution in [0, 0.1) is 6.92 Å². The second kappa shape index (κ2) is 9.04. The maximum absolute atomic E-state index is 13.7. The summed E-state index contributed by atoms with van der Waals surface area (Å²) >= 11 is 0. The topological polar surface area (TPSA) is 79.5 Å². The van der Waals surface area contributed by atoms with Crippen molar-refractivity contribution in [1.82, 2.24) is 14.4 Å². The van der Waals surface area contributed by atoms with Crippen molar-refractivity contribution in [2.24, 2.45) is 0 Å². The summed E-state index contributed by atoms with van der Waals surface area (Å²) < 4.78 is 34.5. The van der Waals surface area contributed by atoms with E-state index in [1.165, 1.54) is 5.56 Å². The van der Waals surface area contributed by atoms with Gasteiger partial charge in [-0.15, -0.1) is 0 Å². The first kappa shape index (κ1) is 22.3. The molecule has 1 fully saturated rings. The van der Waals surface area contributed by atoms with Gasteiger partial charge in [0.25, 0.3) is 5.89 Å². The van der Waals surface area contributed by atoms with Crippen LogP contribution in [0.4, 0.5) is 5.69 Å². The molecule has 0 N–H and O–H groups in total. The molecule has 0 spiro atoms. The molecule has 7 nitrogen and oxygen atoms in total. The van der Waals surface area contributed by atoms with Gasteiger partial charge in [0.2, 0.25) is 15.8 Å². The van der Waals surface area contributed by atoms with Crippen LogP contribution in [0.2, 0.25) is 0 Å². The van der Waals surface area contributed by atoms with Crippen LogP contribution in [-0.4, -0.2) is 48.5 Å². The highest BCUT2D eigenvalue weighted by Gasteiger charge is 2.34. The Labute approximate surface area is 199 Å². The van der Waals surface area contributed by atoms with Crippen LogP contribution < -0.4 is 4.90 Å². The molecule has 0 bridgehead atoms. The number of hydrogen-bond donors (Lipinski definition) is 0. The number of rotatable bonds is 5. The Morgan fingerprint density at radius 1 is 0.941 bits per heavy atom. The molecule has 1 saturated heterocycles. The third kappa shape index (κ3) is 4.22. The highest BCUT2D eigenvalue weighted by atomic mass is 32.2. The first-order valence-corrected chi connectivity index (χ1v) is 12.7. The van der Waals surface area contributed by atoms with Crippen LogP contribution in [0.25, 0.3) is 22.8 Å². The second-order valence-electron chi connectivity index (χ2n) is 8.53. The van der Waals surface area contributed by atoms with Crippen molar-refractivity contribution in [2.75, 3.05) is 24.5 Å². The van der Waals surface area contributed by atoms with Gasteiger partial charge in [0, 0.05) is 36.9 Å². The molecular weight excluding hydrogens is 448 g/mol. The van der Waals surface area contributed by atoms with Gasteiger partial charge in [-0.05, 0) is 43.7 Å². The molecular formula is C26H26N4O3S. The number of sulfonamides is 1. The SMILES string of the molecule is Cc1cccc(N2CCN(S(=O)(=O)c3ccccc3-c3nc(-c4ccccc4)no3)C[C@H]2C)c1. The predicted molar refractivity (Wildman–Crippen MR) is 132 cm³/mol. The molecule has 0 aliphatic carbocycles. The van der Waals surface area contributed by atoms with E-state index >= 15 is 0 Å². The van der Waals surface area contributed by atoms with Gasteiger partial charge >= 0.3 is 0 Å². The first-order valence-electron chi connectivity index (χ1n) is 11.3. The average Bonchev–Trinajstić information content (AvgIpc) is 3.35. The zero-order valence-corrected chi connectivity index (χ0v) is 19.9. The van der Waals surface area contributed by atoms with Gasteiger partial charge < -0.3 is 9.42 Å². The van der Waals surface area contributed by atoms with E-state index in [0.717, 1.165) is 11.3 Å². The highest BCUT2D eigenvalue weighted by molar-refractivity contribution is 7.89. The Bertz CT molecular complexity index is 1400. The lowest BCUT2D eigenvalue weighted by Gasteiger charge is -2.40. The molecule has 0 radical (unpaired) electrons. The van der Waals surface area contributed by atoms with Crippen LogP contribution in [-0.2, 0) is 10.0 Å². The molecule has 174 valence electrons. The number of piperazine rings is 1. The number of aromatic nitrogens is 2. The minimum absolute atomic E-state index is 0.0329. The van der Waals surface area contributed by atoms with Crippen molar-refractivity contribution in [1.29, 1.82) is 0 Å². The molecule has 3 aromatic carbocycles. The van der Waals surface area contributed by atoms with Gasteiger partial charge in [-0.25, -0.2) is 8.42 Å². The fraction of sp³-hybridized carbons (Fsp3) is 0.231. The Morgan fingerprint density at radius 2 is 1.71 bits per heavy atom. The van der Waals surface area contributed by atoms with Crippen LogP contribution in [0.3, 0.4) is 0 Å². The largest absolute Gasteiger partial charge is 0.366 e. The third-order valence-electron chi connectivity index (χ3n) is 6.12. The van der Waals surface area contributed by atoms with Crippen molar-refractivity contribution < 1.29 is 12.9 Å². The van der Waals surface area contributed by atoms with E-state index in [-0.39, 0.29) is 16.8 Å². The zero-order valence-electron chi connectivity index (χ0n) is 19.1. The molecule has 0 unspecified atom stereocenters. The third-order valence-corrected chi connectivity index (χ3v) is 8.04. The highest BCUT2D eigenvalue weighted by Crippen LogP contribution is 2.31. The summed E-state index contributed by atoms with van der Waals surface area (Å²) in [6.45, 7) is 5.52. The van der Waals surface area contributed by atoms with E-state index in [1.807, 2.05) is 36.4 Å². The van der Waals surface area contributed by atoms with Crippen molar-refractivity contribution in [3.05, 3.63) is 84.4 Å². The monoisotopic (exact) mass is 474 g/mol. The molecule has 34 heavy (non-hydrogen) atoms. The van der Waals surface area contributed by atoms with E-state index in [1.54, 1.807) is 28.6 Å². The molecule has 0 amide bonds. The van der Waals surface area contributed by atoms with Gasteiger partial charge in [0.05, 0.1) is 10.5 Å². The molecule has 1 aliphatic heterocycles. The lowest BCUT2D eigenvalue weighted by Crippen LogP contribution is -2.53. The Balaban J connectivity index is 1.42. The number of nitrogens with zero attached hydrogens (tertiary/aromatic N) is 4. The van der Waals surface area contributed by atoms with Gasteiger partial charge in [0.15, 0.2) is 0 Å². The van der Waals surface area contributed by atoms with E-state index < -0.39 is 10.0 Å². The molecule has 2 heterocycles. The molecule has 4 aromatic rings. The number of anilines is 1. The van der Waals surface area contributed by atoms with Gasteiger partial charge in [-0.1, -0.05) is 59.8 Å². The van der Waals surface area contributed by atoms with Crippen molar-refractivity contribution in [3.63, 3.8) is 0 Å². The van der Waals surface area contributed by atoms with Crippen LogP contribution in [0.5, 0.6) is 0 Å². The minimum Gasteiger partial charge on any atom is -0.366 e. The predicted octanol–water partition coefficient (Wildman–Crippen LogP) is 4.61. The van der Waals surface area contributed by atoms with Gasteiger partial charge in [-0.2, -0.15) is 9.29 Å².